The molecule has 0 aromatic carbocycles. The Morgan fingerprint density at radius 1 is 0.275 bits per heavy atom. The van der Waals surface area contributed by atoms with Gasteiger partial charge in [0.1, 0.15) is 19.3 Å². The summed E-state index contributed by atoms with van der Waals surface area (Å²) in [6.07, 6.45) is 73.9. The predicted octanol–water partition coefficient (Wildman–Crippen LogP) is 24.7. The van der Waals surface area contributed by atoms with Gasteiger partial charge < -0.3 is 33.8 Å². The zero-order chi connectivity index (χ0) is 74.6. The molecule has 19 heteroatoms. The number of allylic oxidation sites excluding steroid dienone is 6. The first-order chi connectivity index (χ1) is 49.7. The Morgan fingerprint density at radius 2 is 0.480 bits per heavy atom. The van der Waals surface area contributed by atoms with Crippen LogP contribution in [0, 0.1) is 0 Å². The number of phosphoric acid groups is 2. The normalized spacial score (nSPS) is 14.0. The Labute approximate surface area is 624 Å². The first-order valence-electron chi connectivity index (χ1n) is 42.2. The molecule has 3 N–H and O–H groups in total. The van der Waals surface area contributed by atoms with Crippen molar-refractivity contribution in [3.63, 3.8) is 0 Å². The van der Waals surface area contributed by atoms with E-state index < -0.39 is 97.5 Å². The quantitative estimate of drug-likeness (QED) is 0.0169. The molecule has 0 amide bonds. The number of rotatable bonds is 81. The molecule has 102 heavy (non-hydrogen) atoms. The lowest BCUT2D eigenvalue weighted by Gasteiger charge is -2.21. The number of aliphatic hydroxyl groups is 1. The van der Waals surface area contributed by atoms with Crippen LogP contribution >= 0.6 is 15.6 Å². The van der Waals surface area contributed by atoms with Gasteiger partial charge in [-0.15, -0.1) is 0 Å². The molecule has 0 saturated heterocycles. The van der Waals surface area contributed by atoms with E-state index in [0.717, 1.165) is 128 Å². The molecule has 600 valence electrons. The lowest BCUT2D eigenvalue weighted by atomic mass is 10.0. The van der Waals surface area contributed by atoms with Crippen molar-refractivity contribution in [1.29, 1.82) is 0 Å². The fourth-order valence-corrected chi connectivity index (χ4v) is 13.8. The van der Waals surface area contributed by atoms with Crippen molar-refractivity contribution in [2.45, 2.75) is 431 Å². The zero-order valence-corrected chi connectivity index (χ0v) is 67.6. The smallest absolute Gasteiger partial charge is 0.462 e. The molecule has 5 unspecified atom stereocenters. The van der Waals surface area contributed by atoms with Crippen LogP contribution in [-0.4, -0.2) is 96.7 Å². The zero-order valence-electron chi connectivity index (χ0n) is 65.8. The molecule has 0 rings (SSSR count). The van der Waals surface area contributed by atoms with Crippen LogP contribution in [0.25, 0.3) is 0 Å². The van der Waals surface area contributed by atoms with Crippen LogP contribution in [0.15, 0.2) is 36.5 Å². The topological polar surface area (TPSA) is 237 Å². The van der Waals surface area contributed by atoms with Crippen LogP contribution in [0.1, 0.15) is 413 Å². The van der Waals surface area contributed by atoms with E-state index in [2.05, 4.69) is 64.2 Å². The van der Waals surface area contributed by atoms with Crippen LogP contribution in [0.2, 0.25) is 0 Å². The SMILES string of the molecule is CCCCC/C=C\C/C=C\C/C=C\CCCCCCCCC(=O)OCC(COP(=O)(O)OCC(O)COP(=O)(O)OCC(COC(=O)CCCCCCCCCCCCCCCCC)OC(=O)CCCCCCCCCCCCCCC)OC(=O)CCCCCCCCCCCCCCCCC. The molecular formula is C83H156O17P2. The van der Waals surface area contributed by atoms with E-state index in [0.29, 0.717) is 25.7 Å². The number of phosphoric ester groups is 2. The summed E-state index contributed by atoms with van der Waals surface area (Å²) in [7, 11) is -9.93. The molecule has 0 aliphatic heterocycles. The summed E-state index contributed by atoms with van der Waals surface area (Å²) >= 11 is 0. The molecule has 0 spiro atoms. The molecule has 0 aliphatic carbocycles. The van der Waals surface area contributed by atoms with Crippen LogP contribution in [0.3, 0.4) is 0 Å². The molecule has 0 radical (unpaired) electrons. The second-order valence-corrected chi connectivity index (χ2v) is 31.7. The highest BCUT2D eigenvalue weighted by molar-refractivity contribution is 7.47. The number of hydrogen-bond acceptors (Lipinski definition) is 15. The molecule has 0 aromatic heterocycles. The van der Waals surface area contributed by atoms with Gasteiger partial charge in [-0.2, -0.15) is 0 Å². The maximum absolute atomic E-state index is 13.1. The Bertz CT molecular complexity index is 2070. The van der Waals surface area contributed by atoms with Gasteiger partial charge in [0.25, 0.3) is 0 Å². The maximum atomic E-state index is 13.1. The number of carbonyl (C=O) groups is 4. The van der Waals surface area contributed by atoms with Gasteiger partial charge in [0, 0.05) is 25.7 Å². The third kappa shape index (κ3) is 75.5. The van der Waals surface area contributed by atoms with E-state index in [9.17, 15) is 43.2 Å². The van der Waals surface area contributed by atoms with Crippen molar-refractivity contribution >= 4 is 39.5 Å². The standard InChI is InChI=1S/C83H156O17P2/c1-5-9-13-17-21-25-29-33-36-37-38-39-42-45-48-52-56-60-64-68-81(86)94-74-79(100-83(88)70-66-62-58-54-50-46-41-35-31-27-23-19-15-11-7-3)76-98-102(91,92)96-72-77(84)71-95-101(89,90)97-75-78(99-82(87)69-65-61-57-53-49-43-32-28-24-20-16-12-8-4)73-93-80(85)67-63-59-55-51-47-44-40-34-30-26-22-18-14-10-6-2/h21,25,33,36,38-39,77-79,84H,5-20,22-24,26-32,34-35,37,40-76H2,1-4H3,(H,89,90)(H,91,92)/b25-21-,36-33-,39-38-. The molecule has 0 bridgehead atoms. The molecule has 0 aliphatic rings. The lowest BCUT2D eigenvalue weighted by molar-refractivity contribution is -0.161. The highest BCUT2D eigenvalue weighted by atomic mass is 31.2. The third-order valence-electron chi connectivity index (χ3n) is 18.6. The van der Waals surface area contributed by atoms with Crippen LogP contribution in [-0.2, 0) is 65.4 Å². The van der Waals surface area contributed by atoms with E-state index >= 15 is 0 Å². The highest BCUT2D eigenvalue weighted by Crippen LogP contribution is 2.45. The summed E-state index contributed by atoms with van der Waals surface area (Å²) in [6, 6.07) is 0. The van der Waals surface area contributed by atoms with Crippen molar-refractivity contribution in [2.24, 2.45) is 0 Å². The Kier molecular flexibility index (Phi) is 74.4. The van der Waals surface area contributed by atoms with Crippen molar-refractivity contribution in [2.75, 3.05) is 39.6 Å². The van der Waals surface area contributed by atoms with E-state index in [-0.39, 0.29) is 25.7 Å². The number of unbranched alkanes of at least 4 members (excludes halogenated alkanes) is 49. The van der Waals surface area contributed by atoms with Gasteiger partial charge in [-0.3, -0.25) is 37.3 Å². The number of aliphatic hydroxyl groups excluding tert-OH is 1. The Hall–Kier alpha value is -2.72. The average molecular weight is 1490 g/mol. The molecule has 0 heterocycles. The minimum atomic E-state index is -4.97. The van der Waals surface area contributed by atoms with Gasteiger partial charge in [0.15, 0.2) is 12.2 Å². The summed E-state index contributed by atoms with van der Waals surface area (Å²) in [5.41, 5.74) is 0. The first-order valence-corrected chi connectivity index (χ1v) is 45.2. The number of carbonyl (C=O) groups excluding carboxylic acids is 4. The lowest BCUT2D eigenvalue weighted by Crippen LogP contribution is -2.30. The Balaban J connectivity index is 5.29. The van der Waals surface area contributed by atoms with Gasteiger partial charge in [0.05, 0.1) is 26.4 Å². The average Bonchev–Trinajstić information content (AvgIpc) is 0.924. The summed E-state index contributed by atoms with van der Waals surface area (Å²) in [4.78, 5) is 73.1. The summed E-state index contributed by atoms with van der Waals surface area (Å²) in [5.74, 6) is -2.13. The highest BCUT2D eigenvalue weighted by Gasteiger charge is 2.30. The molecular weight excluding hydrogens is 1330 g/mol. The van der Waals surface area contributed by atoms with Crippen molar-refractivity contribution in [1.82, 2.24) is 0 Å². The first kappa shape index (κ1) is 99.3. The van der Waals surface area contributed by atoms with Gasteiger partial charge in [-0.1, -0.05) is 360 Å². The van der Waals surface area contributed by atoms with Gasteiger partial charge in [-0.25, -0.2) is 9.13 Å². The summed E-state index contributed by atoms with van der Waals surface area (Å²) in [5, 5.41) is 10.7. The summed E-state index contributed by atoms with van der Waals surface area (Å²) < 4.78 is 68.8. The minimum absolute atomic E-state index is 0.101. The van der Waals surface area contributed by atoms with E-state index in [1.54, 1.807) is 0 Å². The molecule has 0 fully saturated rings. The van der Waals surface area contributed by atoms with Crippen molar-refractivity contribution in [3.05, 3.63) is 36.5 Å². The number of esters is 4. The molecule has 0 saturated carbocycles. The second-order valence-electron chi connectivity index (χ2n) is 28.8. The largest absolute Gasteiger partial charge is 0.472 e. The molecule has 17 nitrogen and oxygen atoms in total. The van der Waals surface area contributed by atoms with Crippen molar-refractivity contribution in [3.8, 4) is 0 Å². The molecule has 5 atom stereocenters. The maximum Gasteiger partial charge on any atom is 0.472 e. The molecule has 0 aromatic rings. The minimum Gasteiger partial charge on any atom is -0.462 e. The van der Waals surface area contributed by atoms with E-state index in [4.69, 9.17) is 37.0 Å². The van der Waals surface area contributed by atoms with Gasteiger partial charge in [0.2, 0.25) is 0 Å². The van der Waals surface area contributed by atoms with Crippen LogP contribution in [0.5, 0.6) is 0 Å². The van der Waals surface area contributed by atoms with E-state index in [1.165, 1.54) is 205 Å². The van der Waals surface area contributed by atoms with E-state index in [1.807, 2.05) is 0 Å². The Morgan fingerprint density at radius 3 is 0.755 bits per heavy atom. The fourth-order valence-electron chi connectivity index (χ4n) is 12.2. The van der Waals surface area contributed by atoms with Gasteiger partial charge >= 0.3 is 39.5 Å². The number of hydrogen-bond donors (Lipinski definition) is 3. The second kappa shape index (κ2) is 76.5. The predicted molar refractivity (Wildman–Crippen MR) is 418 cm³/mol. The monoisotopic (exact) mass is 1490 g/mol. The number of ether oxygens (including phenoxy) is 4. The van der Waals surface area contributed by atoms with Crippen LogP contribution in [0.4, 0.5) is 0 Å². The third-order valence-corrected chi connectivity index (χ3v) is 20.5. The fraction of sp³-hybridized carbons (Fsp3) is 0.880. The van der Waals surface area contributed by atoms with Crippen molar-refractivity contribution < 1.29 is 80.2 Å². The summed E-state index contributed by atoms with van der Waals surface area (Å²) in [6.45, 7) is 4.96. The van der Waals surface area contributed by atoms with Gasteiger partial charge in [-0.05, 0) is 64.2 Å². The van der Waals surface area contributed by atoms with Crippen LogP contribution < -0.4 is 0 Å².